The molecule has 0 radical (unpaired) electrons. The molecule has 3 aromatic rings. The van der Waals surface area contributed by atoms with Crippen LogP contribution >= 0.6 is 45.3 Å². The maximum absolute atomic E-state index is 12.4. The van der Waals surface area contributed by atoms with Crippen molar-refractivity contribution in [1.82, 2.24) is 20.2 Å². The Hall–Kier alpha value is -1.66. The normalized spacial score (nSPS) is 10.9. The first-order chi connectivity index (χ1) is 13.0. The number of nitrogens with zero attached hydrogens (tertiary/aromatic N) is 2. The molecule has 10 heteroatoms. The Balaban J connectivity index is 1.68. The van der Waals surface area contributed by atoms with Crippen molar-refractivity contribution in [2.24, 2.45) is 0 Å². The lowest BCUT2D eigenvalue weighted by Gasteiger charge is -2.21. The van der Waals surface area contributed by atoms with Gasteiger partial charge in [0.1, 0.15) is 12.4 Å². The van der Waals surface area contributed by atoms with Crippen LogP contribution in [0.25, 0.3) is 20.0 Å². The van der Waals surface area contributed by atoms with E-state index in [4.69, 9.17) is 0 Å². The summed E-state index contributed by atoms with van der Waals surface area (Å²) in [4.78, 5) is 34.1. The number of aromatic nitrogens is 2. The molecule has 3 aromatic heterocycles. The van der Waals surface area contributed by atoms with Crippen molar-refractivity contribution in [3.8, 4) is 10.6 Å². The minimum Gasteiger partial charge on any atom is -0.453 e. The standard InChI is InChI=1S/C17H19IN4O3S2/c1-3-4-22(16(23)8-20-17(24)25-2)9-15-19-7-10(21-15)11-5-12-13(26-11)6-14(18)27-12/h5-7H,3-4,8-9H2,1-2H3,(H,19,21)(H,20,24). The summed E-state index contributed by atoms with van der Waals surface area (Å²) >= 11 is 5.83. The van der Waals surface area contributed by atoms with Crippen LogP contribution in [0.1, 0.15) is 19.2 Å². The second-order valence-electron chi connectivity index (χ2n) is 5.79. The largest absolute Gasteiger partial charge is 0.453 e. The lowest BCUT2D eigenvalue weighted by molar-refractivity contribution is -0.130. The highest BCUT2D eigenvalue weighted by molar-refractivity contribution is 14.1. The zero-order chi connectivity index (χ0) is 19.4. The molecule has 2 amide bonds. The van der Waals surface area contributed by atoms with Gasteiger partial charge in [0.25, 0.3) is 0 Å². The summed E-state index contributed by atoms with van der Waals surface area (Å²) in [5.41, 5.74) is 0.949. The molecule has 3 rings (SSSR count). The molecular weight excluding hydrogens is 499 g/mol. The molecule has 0 saturated carbocycles. The fourth-order valence-corrected chi connectivity index (χ4v) is 5.90. The van der Waals surface area contributed by atoms with Crippen LogP contribution in [-0.2, 0) is 16.1 Å². The minimum atomic E-state index is -0.618. The number of thiophene rings is 2. The molecule has 0 fully saturated rings. The van der Waals surface area contributed by atoms with Gasteiger partial charge in [-0.15, -0.1) is 22.7 Å². The van der Waals surface area contributed by atoms with E-state index in [1.165, 1.54) is 19.4 Å². The monoisotopic (exact) mass is 518 g/mol. The maximum Gasteiger partial charge on any atom is 0.407 e. The molecule has 2 N–H and O–H groups in total. The average Bonchev–Trinajstić information content (AvgIpc) is 3.33. The van der Waals surface area contributed by atoms with E-state index in [9.17, 15) is 9.59 Å². The molecule has 0 bridgehead atoms. The average molecular weight is 518 g/mol. The van der Waals surface area contributed by atoms with E-state index in [2.05, 4.69) is 54.7 Å². The van der Waals surface area contributed by atoms with Gasteiger partial charge in [-0.25, -0.2) is 9.78 Å². The number of hydrogen-bond donors (Lipinski definition) is 2. The summed E-state index contributed by atoms with van der Waals surface area (Å²) in [6, 6.07) is 4.35. The minimum absolute atomic E-state index is 0.0971. The highest BCUT2D eigenvalue weighted by atomic mass is 127. The number of halogens is 1. The molecule has 144 valence electrons. The lowest BCUT2D eigenvalue weighted by Crippen LogP contribution is -2.40. The molecule has 0 spiro atoms. The van der Waals surface area contributed by atoms with Crippen LogP contribution in [0.4, 0.5) is 4.79 Å². The Kier molecular flexibility index (Phi) is 6.71. The third-order valence-corrected chi connectivity index (χ3v) is 6.91. The fraction of sp³-hybridized carbons (Fsp3) is 0.353. The predicted octanol–water partition coefficient (Wildman–Crippen LogP) is 4.05. The maximum atomic E-state index is 12.4. The zero-order valence-corrected chi connectivity index (χ0v) is 18.7. The topological polar surface area (TPSA) is 87.3 Å². The van der Waals surface area contributed by atoms with Gasteiger partial charge in [0, 0.05) is 15.9 Å². The van der Waals surface area contributed by atoms with E-state index in [0.717, 1.165) is 22.8 Å². The molecule has 0 unspecified atom stereocenters. The molecule has 0 aliphatic heterocycles. The molecule has 3 heterocycles. The first-order valence-electron chi connectivity index (χ1n) is 8.33. The van der Waals surface area contributed by atoms with Crippen molar-refractivity contribution >= 4 is 66.7 Å². The van der Waals surface area contributed by atoms with Gasteiger partial charge in [-0.3, -0.25) is 4.79 Å². The van der Waals surface area contributed by atoms with Crippen LogP contribution in [0.15, 0.2) is 18.3 Å². The van der Waals surface area contributed by atoms with Gasteiger partial charge in [0.15, 0.2) is 0 Å². The first kappa shape index (κ1) is 20.1. The van der Waals surface area contributed by atoms with Gasteiger partial charge in [-0.2, -0.15) is 0 Å². The van der Waals surface area contributed by atoms with Crippen molar-refractivity contribution in [3.63, 3.8) is 0 Å². The van der Waals surface area contributed by atoms with Gasteiger partial charge >= 0.3 is 6.09 Å². The Morgan fingerprint density at radius 2 is 2.11 bits per heavy atom. The molecule has 0 atom stereocenters. The van der Waals surface area contributed by atoms with Crippen LogP contribution in [-0.4, -0.2) is 47.1 Å². The van der Waals surface area contributed by atoms with E-state index in [-0.39, 0.29) is 12.5 Å². The highest BCUT2D eigenvalue weighted by Gasteiger charge is 2.17. The number of methoxy groups -OCH3 is 1. The van der Waals surface area contributed by atoms with Gasteiger partial charge in [-0.1, -0.05) is 6.92 Å². The Labute approximate surface area is 178 Å². The van der Waals surface area contributed by atoms with Crippen LogP contribution in [0, 0.1) is 2.88 Å². The molecule has 0 aliphatic carbocycles. The number of H-pyrrole nitrogens is 1. The predicted molar refractivity (Wildman–Crippen MR) is 116 cm³/mol. The number of amides is 2. The number of hydrogen-bond acceptors (Lipinski definition) is 6. The molecule has 27 heavy (non-hydrogen) atoms. The number of ether oxygens (including phenoxy) is 1. The van der Waals surface area contributed by atoms with Crippen molar-refractivity contribution < 1.29 is 14.3 Å². The van der Waals surface area contributed by atoms with Crippen LogP contribution in [0.2, 0.25) is 0 Å². The fourth-order valence-electron chi connectivity index (χ4n) is 2.58. The first-order valence-corrected chi connectivity index (χ1v) is 11.0. The second-order valence-corrected chi connectivity index (χ2v) is 9.86. The van der Waals surface area contributed by atoms with Crippen LogP contribution in [0.3, 0.4) is 0 Å². The summed E-state index contributed by atoms with van der Waals surface area (Å²) in [5.74, 6) is 0.544. The Morgan fingerprint density at radius 3 is 2.81 bits per heavy atom. The van der Waals surface area contributed by atoms with E-state index >= 15 is 0 Å². The zero-order valence-electron chi connectivity index (χ0n) is 14.9. The summed E-state index contributed by atoms with van der Waals surface area (Å²) in [5, 5.41) is 2.42. The molecule has 0 saturated heterocycles. The number of alkyl carbamates (subject to hydrolysis) is 1. The van der Waals surface area contributed by atoms with Gasteiger partial charge in [-0.05, 0) is 41.1 Å². The van der Waals surface area contributed by atoms with Crippen molar-refractivity contribution in [3.05, 3.63) is 27.0 Å². The van der Waals surface area contributed by atoms with Gasteiger partial charge in [0.05, 0.1) is 33.3 Å². The van der Waals surface area contributed by atoms with E-state index in [1.54, 1.807) is 33.8 Å². The van der Waals surface area contributed by atoms with Gasteiger partial charge in [0.2, 0.25) is 5.91 Å². The van der Waals surface area contributed by atoms with Gasteiger partial charge < -0.3 is 19.9 Å². The molecule has 0 aliphatic rings. The number of nitrogens with one attached hydrogen (secondary N) is 2. The third kappa shape index (κ3) is 4.99. The lowest BCUT2D eigenvalue weighted by atomic mass is 10.3. The number of imidazole rings is 1. The quantitative estimate of drug-likeness (QED) is 0.462. The molecule has 7 nitrogen and oxygen atoms in total. The van der Waals surface area contributed by atoms with Crippen molar-refractivity contribution in [2.45, 2.75) is 19.9 Å². The van der Waals surface area contributed by atoms with Crippen LogP contribution in [0.5, 0.6) is 0 Å². The highest BCUT2D eigenvalue weighted by Crippen LogP contribution is 2.38. The summed E-state index contributed by atoms with van der Waals surface area (Å²) in [6.07, 6.45) is 2.00. The van der Waals surface area contributed by atoms with Crippen molar-refractivity contribution in [1.29, 1.82) is 0 Å². The van der Waals surface area contributed by atoms with E-state index in [0.29, 0.717) is 13.1 Å². The third-order valence-electron chi connectivity index (χ3n) is 3.83. The summed E-state index contributed by atoms with van der Waals surface area (Å²) in [6.45, 7) is 2.86. The smallest absolute Gasteiger partial charge is 0.407 e. The number of carbonyl (C=O) groups excluding carboxylic acids is 2. The molecule has 0 aromatic carbocycles. The number of carbonyl (C=O) groups is 2. The Morgan fingerprint density at radius 1 is 1.33 bits per heavy atom. The summed E-state index contributed by atoms with van der Waals surface area (Å²) in [7, 11) is 1.27. The second kappa shape index (κ2) is 9.02. The SMILES string of the molecule is CCCN(Cc1ncc(-c2cc3sc(I)cc3s2)[nH]1)C(=O)CNC(=O)OC. The summed E-state index contributed by atoms with van der Waals surface area (Å²) < 4.78 is 8.32. The van der Waals surface area contributed by atoms with Crippen molar-refractivity contribution in [2.75, 3.05) is 20.2 Å². The molecular formula is C17H19IN4O3S2. The van der Waals surface area contributed by atoms with E-state index < -0.39 is 6.09 Å². The van der Waals surface area contributed by atoms with E-state index in [1.807, 2.05) is 6.92 Å². The number of aromatic amines is 1. The van der Waals surface area contributed by atoms with Crippen LogP contribution < -0.4 is 5.32 Å². The number of rotatable bonds is 7. The number of fused-ring (bicyclic) bond motifs is 1. The Bertz CT molecular complexity index is 918.